The van der Waals surface area contributed by atoms with Gasteiger partial charge >= 0.3 is 6.03 Å². The number of hydrogen-bond acceptors (Lipinski definition) is 5. The molecule has 28 heavy (non-hydrogen) atoms. The lowest BCUT2D eigenvalue weighted by Gasteiger charge is -2.30. The van der Waals surface area contributed by atoms with E-state index in [1.54, 1.807) is 6.08 Å². The number of nitrogens with zero attached hydrogens (tertiary/aromatic N) is 1. The average molecular weight is 405 g/mol. The zero-order valence-electron chi connectivity index (χ0n) is 16.3. The van der Waals surface area contributed by atoms with Crippen LogP contribution < -0.4 is 15.4 Å². The highest BCUT2D eigenvalue weighted by molar-refractivity contribution is 7.92. The summed E-state index contributed by atoms with van der Waals surface area (Å²) in [5, 5.41) is 7.19. The molecule has 4 rings (SSSR count). The van der Waals surface area contributed by atoms with Crippen molar-refractivity contribution >= 4 is 21.7 Å². The van der Waals surface area contributed by atoms with Gasteiger partial charge in [0.1, 0.15) is 0 Å². The largest absolute Gasteiger partial charge is 0.333 e. The van der Waals surface area contributed by atoms with Crippen LogP contribution in [-0.2, 0) is 35.7 Å². The number of carbonyl (C=O) groups excluding carboxylic acids is 1. The van der Waals surface area contributed by atoms with Crippen LogP contribution in [0.3, 0.4) is 0 Å². The molecule has 1 aromatic rings. The molecule has 2 aliphatic carbocycles. The van der Waals surface area contributed by atoms with E-state index in [9.17, 15) is 13.2 Å². The highest BCUT2D eigenvalue weighted by atomic mass is 32.2. The molecule has 1 heterocycles. The van der Waals surface area contributed by atoms with E-state index in [0.29, 0.717) is 6.54 Å². The van der Waals surface area contributed by atoms with Crippen molar-refractivity contribution in [1.82, 2.24) is 14.9 Å². The Hall–Kier alpha value is -1.90. The van der Waals surface area contributed by atoms with Crippen molar-refractivity contribution in [2.24, 2.45) is 0 Å². The maximum absolute atomic E-state index is 12.5. The minimum absolute atomic E-state index is 0.00551. The van der Waals surface area contributed by atoms with Gasteiger partial charge in [0.25, 0.3) is 10.0 Å². The van der Waals surface area contributed by atoms with Gasteiger partial charge in [0.2, 0.25) is 0 Å². The number of piperazine rings is 1. The van der Waals surface area contributed by atoms with Crippen molar-refractivity contribution in [3.8, 4) is 0 Å². The van der Waals surface area contributed by atoms with Crippen LogP contribution in [0.1, 0.15) is 35.1 Å². The van der Waals surface area contributed by atoms with Crippen molar-refractivity contribution in [1.29, 1.82) is 0 Å². The molecule has 0 radical (unpaired) electrons. The van der Waals surface area contributed by atoms with E-state index in [1.807, 2.05) is 7.05 Å². The molecule has 1 aromatic carbocycles. The Morgan fingerprint density at radius 3 is 2.50 bits per heavy atom. The zero-order valence-corrected chi connectivity index (χ0v) is 17.1. The Balaban J connectivity index is 1.46. The second-order valence-electron chi connectivity index (χ2n) is 7.92. The van der Waals surface area contributed by atoms with E-state index in [2.05, 4.69) is 26.3 Å². The monoisotopic (exact) mass is 404 g/mol. The summed E-state index contributed by atoms with van der Waals surface area (Å²) in [4.78, 5) is 14.6. The van der Waals surface area contributed by atoms with Gasteiger partial charge in [-0.25, -0.2) is 17.9 Å². The summed E-state index contributed by atoms with van der Waals surface area (Å²) < 4.78 is 26.8. The first-order valence-corrected chi connectivity index (χ1v) is 11.6. The van der Waals surface area contributed by atoms with Crippen LogP contribution in [0.4, 0.5) is 10.5 Å². The molecule has 1 aliphatic heterocycles. The number of benzene rings is 1. The van der Waals surface area contributed by atoms with Crippen molar-refractivity contribution in [3.05, 3.63) is 39.8 Å². The normalized spacial score (nSPS) is 22.2. The predicted molar refractivity (Wildman–Crippen MR) is 110 cm³/mol. The summed E-state index contributed by atoms with van der Waals surface area (Å²) in [7, 11) is -1.89. The molecule has 0 aromatic heterocycles. The summed E-state index contributed by atoms with van der Waals surface area (Å²) in [5.41, 5.74) is 5.80. The number of likely N-dealkylation sites (N-methyl/N-ethyl adjacent to an activating group) is 1. The number of amides is 2. The molecule has 7 nitrogen and oxygen atoms in total. The first-order chi connectivity index (χ1) is 13.4. The van der Waals surface area contributed by atoms with Crippen LogP contribution in [0.5, 0.6) is 0 Å². The Kier molecular flexibility index (Phi) is 5.44. The maximum Gasteiger partial charge on any atom is 0.333 e. The third-order valence-electron chi connectivity index (χ3n) is 5.99. The number of fused-ring (bicyclic) bond motifs is 2. The van der Waals surface area contributed by atoms with E-state index in [1.165, 1.54) is 22.3 Å². The number of anilines is 1. The lowest BCUT2D eigenvalue weighted by Crippen LogP contribution is -2.48. The Bertz CT molecular complexity index is 878. The molecule has 3 N–H and O–H groups in total. The fraction of sp³-hybridized carbons (Fsp3) is 0.550. The Morgan fingerprint density at radius 1 is 1.18 bits per heavy atom. The predicted octanol–water partition coefficient (Wildman–Crippen LogP) is 1.53. The molecule has 3 aliphatic rings. The summed E-state index contributed by atoms with van der Waals surface area (Å²) in [6.07, 6.45) is 7.72. The van der Waals surface area contributed by atoms with Crippen LogP contribution in [0.25, 0.3) is 0 Å². The number of hydrogen-bond donors (Lipinski definition) is 3. The van der Waals surface area contributed by atoms with Crippen molar-refractivity contribution in [2.45, 2.75) is 44.6 Å². The quantitative estimate of drug-likeness (QED) is 0.708. The highest BCUT2D eigenvalue weighted by Crippen LogP contribution is 2.38. The minimum Gasteiger partial charge on any atom is -0.314 e. The average Bonchev–Trinajstić information content (AvgIpc) is 3.29. The molecule has 0 saturated carbocycles. The molecule has 1 unspecified atom stereocenters. The van der Waals surface area contributed by atoms with Crippen LogP contribution >= 0.6 is 0 Å². The molecule has 0 bridgehead atoms. The third kappa shape index (κ3) is 4.09. The molecule has 0 spiro atoms. The topological polar surface area (TPSA) is 90.5 Å². The molecule has 1 saturated heterocycles. The number of nitrogens with one attached hydrogen (secondary N) is 3. The molecule has 1 fully saturated rings. The highest BCUT2D eigenvalue weighted by Gasteiger charge is 2.25. The van der Waals surface area contributed by atoms with Gasteiger partial charge in [0, 0.05) is 36.8 Å². The summed E-state index contributed by atoms with van der Waals surface area (Å²) in [6, 6.07) is 1.59. The zero-order chi connectivity index (χ0) is 19.7. The Labute approximate surface area is 166 Å². The van der Waals surface area contributed by atoms with Gasteiger partial charge in [-0.15, -0.1) is 0 Å². The molecular formula is C20H28N4O3S. The maximum atomic E-state index is 12.5. The second kappa shape index (κ2) is 7.85. The van der Waals surface area contributed by atoms with Crippen molar-refractivity contribution in [2.75, 3.05) is 32.0 Å². The molecule has 2 amide bonds. The first kappa shape index (κ1) is 19.4. The van der Waals surface area contributed by atoms with Gasteiger partial charge < -0.3 is 10.6 Å². The Morgan fingerprint density at radius 2 is 1.86 bits per heavy atom. The van der Waals surface area contributed by atoms with Gasteiger partial charge in [0.15, 0.2) is 0 Å². The van der Waals surface area contributed by atoms with E-state index in [4.69, 9.17) is 0 Å². The molecule has 152 valence electrons. The van der Waals surface area contributed by atoms with Crippen LogP contribution in [0.2, 0.25) is 0 Å². The summed E-state index contributed by atoms with van der Waals surface area (Å²) >= 11 is 0. The standard InChI is InChI=1S/C20H28N4O3S/c1-24-10-9-21-13-16(24)8-11-28(26,27)23-20(25)22-19-17-6-2-4-14(17)12-15-5-3-7-18(15)19/h8,11-12,16,21H,2-7,9-10,13H2,1H3,(H2,22,23,25)/b11-8+. The van der Waals surface area contributed by atoms with Crippen LogP contribution in [0, 0.1) is 0 Å². The fourth-order valence-corrected chi connectivity index (χ4v) is 5.27. The SMILES string of the molecule is CN1CCNCC1/C=C/S(=O)(=O)NC(=O)Nc1c2c(cc3c1CCC3)CCC2. The molecule has 1 atom stereocenters. The van der Waals surface area contributed by atoms with Gasteiger partial charge in [0.05, 0.1) is 0 Å². The lowest BCUT2D eigenvalue weighted by molar-refractivity contribution is 0.236. The van der Waals surface area contributed by atoms with Crippen LogP contribution in [0.15, 0.2) is 17.6 Å². The summed E-state index contributed by atoms with van der Waals surface area (Å²) in [5.74, 6) is 0. The summed E-state index contributed by atoms with van der Waals surface area (Å²) in [6.45, 7) is 2.43. The van der Waals surface area contributed by atoms with E-state index in [0.717, 1.165) is 62.7 Å². The lowest BCUT2D eigenvalue weighted by atomic mass is 9.99. The van der Waals surface area contributed by atoms with Gasteiger partial charge in [-0.1, -0.05) is 12.1 Å². The van der Waals surface area contributed by atoms with Gasteiger partial charge in [-0.3, -0.25) is 4.90 Å². The van der Waals surface area contributed by atoms with Crippen molar-refractivity contribution < 1.29 is 13.2 Å². The fourth-order valence-electron chi connectivity index (χ4n) is 4.51. The number of sulfonamides is 1. The third-order valence-corrected chi connectivity index (χ3v) is 6.97. The van der Waals surface area contributed by atoms with Gasteiger partial charge in [-0.2, -0.15) is 0 Å². The molecular weight excluding hydrogens is 376 g/mol. The minimum atomic E-state index is -3.85. The van der Waals surface area contributed by atoms with E-state index < -0.39 is 16.1 Å². The number of aryl methyl sites for hydroxylation is 2. The number of rotatable bonds is 4. The van der Waals surface area contributed by atoms with E-state index in [-0.39, 0.29) is 6.04 Å². The van der Waals surface area contributed by atoms with Gasteiger partial charge in [-0.05, 0) is 67.8 Å². The second-order valence-corrected chi connectivity index (χ2v) is 9.48. The first-order valence-electron chi connectivity index (χ1n) is 10.0. The van der Waals surface area contributed by atoms with E-state index >= 15 is 0 Å². The number of urea groups is 1. The van der Waals surface area contributed by atoms with Crippen molar-refractivity contribution in [3.63, 3.8) is 0 Å². The number of carbonyl (C=O) groups is 1. The smallest absolute Gasteiger partial charge is 0.314 e. The molecule has 8 heteroatoms. The van der Waals surface area contributed by atoms with Crippen LogP contribution in [-0.4, -0.2) is 52.1 Å².